The second kappa shape index (κ2) is 6.43. The molecule has 11 heteroatoms. The lowest BCUT2D eigenvalue weighted by Crippen LogP contribution is -2.54. The molecule has 0 spiro atoms. The van der Waals surface area contributed by atoms with Crippen LogP contribution >= 0.6 is 0 Å². The van der Waals surface area contributed by atoms with Gasteiger partial charge in [-0.05, 0) is 12.5 Å². The monoisotopic (exact) mass is 344 g/mol. The van der Waals surface area contributed by atoms with Gasteiger partial charge in [0.05, 0.1) is 12.6 Å². The van der Waals surface area contributed by atoms with Gasteiger partial charge in [0, 0.05) is 14.0 Å². The highest BCUT2D eigenvalue weighted by molar-refractivity contribution is 5.92. The van der Waals surface area contributed by atoms with Crippen LogP contribution in [0.25, 0.3) is 0 Å². The predicted molar refractivity (Wildman–Crippen MR) is 75.5 cm³/mol. The van der Waals surface area contributed by atoms with Crippen LogP contribution in [-0.2, 0) is 19.2 Å². The number of nitrogens with one attached hydrogen (secondary N) is 1. The number of nitrogens with zero attached hydrogens (tertiary/aromatic N) is 3. The van der Waals surface area contributed by atoms with Crippen LogP contribution in [0.4, 0.5) is 9.18 Å². The average molecular weight is 344 g/mol. The molecule has 4 amide bonds. The van der Waals surface area contributed by atoms with Gasteiger partial charge >= 0.3 is 18.4 Å². The summed E-state index contributed by atoms with van der Waals surface area (Å²) in [6, 6.07) is -2.53. The number of hydrazine groups is 1. The number of alkyl halides is 1. The Bertz CT molecular complexity index is 624. The summed E-state index contributed by atoms with van der Waals surface area (Å²) in [5.41, 5.74) is 2.79. The highest BCUT2D eigenvalue weighted by Gasteiger charge is 2.49. The van der Waals surface area contributed by atoms with Crippen LogP contribution in [0.3, 0.4) is 0 Å². The Morgan fingerprint density at radius 1 is 1.50 bits per heavy atom. The number of amides is 4. The van der Waals surface area contributed by atoms with Crippen LogP contribution in [-0.4, -0.2) is 75.9 Å². The number of hydrogen-bond donors (Lipinski definition) is 2. The first kappa shape index (κ1) is 17.7. The molecule has 0 aliphatic carbocycles. The van der Waals surface area contributed by atoms with Crippen molar-refractivity contribution in [3.63, 3.8) is 0 Å². The van der Waals surface area contributed by atoms with Crippen molar-refractivity contribution in [2.45, 2.75) is 32.3 Å². The van der Waals surface area contributed by atoms with Crippen LogP contribution in [0.5, 0.6) is 0 Å². The Balaban J connectivity index is 2.19. The van der Waals surface area contributed by atoms with Gasteiger partial charge in [-0.3, -0.25) is 20.0 Å². The molecule has 10 nitrogen and oxygen atoms in total. The third kappa shape index (κ3) is 3.15. The summed E-state index contributed by atoms with van der Waals surface area (Å²) in [6.45, 7) is 2.87. The molecule has 1 saturated heterocycles. The van der Waals surface area contributed by atoms with Gasteiger partial charge in [-0.15, -0.1) is 0 Å². The summed E-state index contributed by atoms with van der Waals surface area (Å²) in [5, 5.41) is 10.1. The lowest BCUT2D eigenvalue weighted by Gasteiger charge is -2.32. The second-order valence-corrected chi connectivity index (χ2v) is 5.47. The number of likely N-dealkylation sites (N-methyl/N-ethyl adjacent to an activating group) is 1. The molecule has 0 saturated carbocycles. The van der Waals surface area contributed by atoms with Crippen molar-refractivity contribution < 1.29 is 33.5 Å². The maximum atomic E-state index is 13.3. The number of aliphatic carboxylic acids is 1. The molecule has 2 bridgehead atoms. The molecule has 2 rings (SSSR count). The topological polar surface area (TPSA) is 119 Å². The molecular weight excluding hydrogens is 327 g/mol. The minimum absolute atomic E-state index is 0.0346. The van der Waals surface area contributed by atoms with E-state index in [2.05, 4.69) is 10.3 Å². The molecule has 0 unspecified atom stereocenters. The average Bonchev–Trinajstić information content (AvgIpc) is 2.71. The molecule has 24 heavy (non-hydrogen) atoms. The van der Waals surface area contributed by atoms with E-state index in [1.807, 2.05) is 0 Å². The molecule has 132 valence electrons. The van der Waals surface area contributed by atoms with Gasteiger partial charge in [0.1, 0.15) is 6.04 Å². The van der Waals surface area contributed by atoms with Crippen molar-refractivity contribution in [1.82, 2.24) is 20.4 Å². The Kier molecular flexibility index (Phi) is 4.73. The van der Waals surface area contributed by atoms with Crippen LogP contribution in [0.15, 0.2) is 11.6 Å². The van der Waals surface area contributed by atoms with E-state index in [9.17, 15) is 23.6 Å². The number of rotatable bonds is 4. The number of carboxylic acid groups (broad SMARTS) is 1. The van der Waals surface area contributed by atoms with Crippen LogP contribution in [0.1, 0.15) is 13.8 Å². The van der Waals surface area contributed by atoms with E-state index >= 15 is 0 Å². The fourth-order valence-electron chi connectivity index (χ4n) is 2.67. The molecule has 1 fully saturated rings. The summed E-state index contributed by atoms with van der Waals surface area (Å²) in [5.74, 6) is -2.89. The number of fused-ring (bicyclic) bond motifs is 2. The maximum absolute atomic E-state index is 13.3. The number of halogens is 1. The third-order valence-electron chi connectivity index (χ3n) is 3.61. The first-order valence-electron chi connectivity index (χ1n) is 7.00. The Morgan fingerprint density at radius 2 is 2.12 bits per heavy atom. The SMILES string of the molecule is CC(=O)NN(C)C(=O)[C@@H]1C(C)=C[C@@H]2CN1C(=O)N2O[C@@H](F)C(=O)O. The fourth-order valence-corrected chi connectivity index (χ4v) is 2.67. The molecule has 0 radical (unpaired) electrons. The number of urea groups is 1. The number of hydroxylamine groups is 2. The smallest absolute Gasteiger partial charge is 0.368 e. The molecule has 0 aromatic heterocycles. The summed E-state index contributed by atoms with van der Waals surface area (Å²) in [6.07, 6.45) is -1.17. The molecule has 2 aliphatic rings. The second-order valence-electron chi connectivity index (χ2n) is 5.47. The number of hydrogen-bond acceptors (Lipinski definition) is 5. The molecule has 0 aromatic carbocycles. The molecular formula is C13H17FN4O6. The zero-order valence-electron chi connectivity index (χ0n) is 13.2. The van der Waals surface area contributed by atoms with E-state index < -0.39 is 42.3 Å². The summed E-state index contributed by atoms with van der Waals surface area (Å²) < 4.78 is 13.3. The van der Waals surface area contributed by atoms with Gasteiger partial charge in [0.15, 0.2) is 0 Å². The minimum atomic E-state index is -2.69. The van der Waals surface area contributed by atoms with Gasteiger partial charge in [-0.2, -0.15) is 5.06 Å². The Labute approximate surface area is 136 Å². The van der Waals surface area contributed by atoms with Gasteiger partial charge in [-0.1, -0.05) is 6.08 Å². The zero-order valence-corrected chi connectivity index (χ0v) is 13.2. The van der Waals surface area contributed by atoms with Crippen molar-refractivity contribution >= 4 is 23.8 Å². The molecule has 2 N–H and O–H groups in total. The highest BCUT2D eigenvalue weighted by atomic mass is 19.1. The van der Waals surface area contributed by atoms with Crippen molar-refractivity contribution in [1.29, 1.82) is 0 Å². The van der Waals surface area contributed by atoms with Crippen LogP contribution in [0.2, 0.25) is 0 Å². The zero-order chi connectivity index (χ0) is 18.2. The van der Waals surface area contributed by atoms with E-state index in [0.717, 1.165) is 9.91 Å². The number of carbonyl (C=O) groups excluding carboxylic acids is 3. The van der Waals surface area contributed by atoms with Crippen molar-refractivity contribution in [2.75, 3.05) is 13.6 Å². The van der Waals surface area contributed by atoms with Gasteiger partial charge in [0.25, 0.3) is 5.91 Å². The minimum Gasteiger partial charge on any atom is -0.477 e. The Morgan fingerprint density at radius 3 is 2.67 bits per heavy atom. The molecule has 3 atom stereocenters. The maximum Gasteiger partial charge on any atom is 0.368 e. The summed E-state index contributed by atoms with van der Waals surface area (Å²) in [7, 11) is 1.33. The first-order valence-corrected chi connectivity index (χ1v) is 7.00. The third-order valence-corrected chi connectivity index (χ3v) is 3.61. The lowest BCUT2D eigenvalue weighted by atomic mass is 10.00. The van der Waals surface area contributed by atoms with Crippen LogP contribution in [0, 0.1) is 0 Å². The first-order chi connectivity index (χ1) is 11.1. The van der Waals surface area contributed by atoms with E-state index in [4.69, 9.17) is 5.11 Å². The van der Waals surface area contributed by atoms with E-state index in [0.29, 0.717) is 10.6 Å². The van der Waals surface area contributed by atoms with Gasteiger partial charge in [-0.25, -0.2) is 18.8 Å². The standard InChI is InChI=1S/C13H17FN4O6/c1-6-4-8-5-17(9(6)11(20)16(3)15-7(2)19)13(23)18(8)24-10(14)12(21)22/h4,8-10H,5H2,1-3H3,(H,15,19)(H,21,22)/t8-,9+,10-/m1/s1. The van der Waals surface area contributed by atoms with Crippen molar-refractivity contribution in [2.24, 2.45) is 0 Å². The quantitative estimate of drug-likeness (QED) is 0.511. The summed E-state index contributed by atoms with van der Waals surface area (Å²) >= 11 is 0. The molecule has 0 aromatic rings. The fraction of sp³-hybridized carbons (Fsp3) is 0.538. The number of carboxylic acids is 1. The highest BCUT2D eigenvalue weighted by Crippen LogP contribution is 2.30. The lowest BCUT2D eigenvalue weighted by molar-refractivity contribution is -0.219. The molecule has 2 heterocycles. The largest absolute Gasteiger partial charge is 0.477 e. The van der Waals surface area contributed by atoms with Crippen molar-refractivity contribution in [3.05, 3.63) is 11.6 Å². The normalized spacial score (nSPS) is 23.7. The Hall–Kier alpha value is -2.69. The van der Waals surface area contributed by atoms with Gasteiger partial charge < -0.3 is 10.0 Å². The van der Waals surface area contributed by atoms with E-state index in [1.54, 1.807) is 6.92 Å². The predicted octanol–water partition coefficient (Wildman–Crippen LogP) is -0.758. The summed E-state index contributed by atoms with van der Waals surface area (Å²) in [4.78, 5) is 52.1. The van der Waals surface area contributed by atoms with Crippen molar-refractivity contribution in [3.8, 4) is 0 Å². The van der Waals surface area contributed by atoms with Crippen LogP contribution < -0.4 is 5.43 Å². The van der Waals surface area contributed by atoms with E-state index in [-0.39, 0.29) is 6.54 Å². The number of carbonyl (C=O) groups is 4. The van der Waals surface area contributed by atoms with Gasteiger partial charge in [0.2, 0.25) is 5.91 Å². The molecule has 2 aliphatic heterocycles. The van der Waals surface area contributed by atoms with E-state index in [1.165, 1.54) is 20.0 Å².